The van der Waals surface area contributed by atoms with E-state index >= 15 is 0 Å². The largest absolute Gasteiger partial charge is 0.466 e. The molecule has 146 valence electrons. The lowest BCUT2D eigenvalue weighted by molar-refractivity contribution is -0.144. The highest BCUT2D eigenvalue weighted by Gasteiger charge is 2.38. The summed E-state index contributed by atoms with van der Waals surface area (Å²) < 4.78 is 5.56. The summed E-state index contributed by atoms with van der Waals surface area (Å²) in [5, 5.41) is 0. The van der Waals surface area contributed by atoms with Crippen molar-refractivity contribution in [2.24, 2.45) is 0 Å². The molecule has 0 bridgehead atoms. The van der Waals surface area contributed by atoms with E-state index < -0.39 is 5.41 Å². The Hall–Kier alpha value is -2.91. The molecule has 3 heteroatoms. The molecule has 0 saturated carbocycles. The Labute approximate surface area is 168 Å². The minimum absolute atomic E-state index is 0. The molecule has 3 nitrogen and oxygen atoms in total. The van der Waals surface area contributed by atoms with Crippen molar-refractivity contribution in [2.45, 2.75) is 31.6 Å². The molecule has 0 amide bonds. The summed E-state index contributed by atoms with van der Waals surface area (Å²) in [6, 6.07) is 30.7. The lowest BCUT2D eigenvalue weighted by Crippen LogP contribution is -2.33. The van der Waals surface area contributed by atoms with E-state index in [1.807, 2.05) is 54.6 Å². The molecule has 0 atom stereocenters. The van der Waals surface area contributed by atoms with Gasteiger partial charge in [0.25, 0.3) is 0 Å². The van der Waals surface area contributed by atoms with Gasteiger partial charge in [-0.15, -0.1) is 0 Å². The minimum atomic E-state index is -0.576. The Balaban J connectivity index is 0.00000280. The fourth-order valence-electron chi connectivity index (χ4n) is 3.57. The third-order valence-corrected chi connectivity index (χ3v) is 4.97. The van der Waals surface area contributed by atoms with Crippen molar-refractivity contribution < 1.29 is 9.53 Å². The van der Waals surface area contributed by atoms with Crippen molar-refractivity contribution in [3.63, 3.8) is 0 Å². The van der Waals surface area contributed by atoms with Gasteiger partial charge in [0.05, 0.1) is 18.4 Å². The molecule has 0 fully saturated rings. The highest BCUT2D eigenvalue weighted by Crippen LogP contribution is 2.42. The monoisotopic (exact) mass is 375 g/mol. The Morgan fingerprint density at radius 3 is 1.50 bits per heavy atom. The average molecular weight is 376 g/mol. The van der Waals surface area contributed by atoms with Crippen molar-refractivity contribution in [1.82, 2.24) is 6.15 Å². The van der Waals surface area contributed by atoms with E-state index in [4.69, 9.17) is 4.74 Å². The van der Waals surface area contributed by atoms with Crippen molar-refractivity contribution in [1.29, 1.82) is 0 Å². The van der Waals surface area contributed by atoms with Gasteiger partial charge in [-0.25, -0.2) is 0 Å². The predicted molar refractivity (Wildman–Crippen MR) is 115 cm³/mol. The third kappa shape index (κ3) is 4.68. The van der Waals surface area contributed by atoms with Crippen LogP contribution in [0.15, 0.2) is 91.0 Å². The first-order valence-corrected chi connectivity index (χ1v) is 9.59. The summed E-state index contributed by atoms with van der Waals surface area (Å²) in [7, 11) is 0. The number of hydrogen-bond donors (Lipinski definition) is 1. The van der Waals surface area contributed by atoms with Gasteiger partial charge >= 0.3 is 5.97 Å². The van der Waals surface area contributed by atoms with Gasteiger partial charge in [0, 0.05) is 0 Å². The topological polar surface area (TPSA) is 61.3 Å². The van der Waals surface area contributed by atoms with Crippen LogP contribution in [0.4, 0.5) is 0 Å². The highest BCUT2D eigenvalue weighted by atomic mass is 16.5. The number of benzene rings is 3. The zero-order valence-electron chi connectivity index (χ0n) is 16.5. The first-order chi connectivity index (χ1) is 13.3. The molecule has 0 saturated heterocycles. The second-order valence-electron chi connectivity index (χ2n) is 6.75. The molecular formula is C25H29NO2. The second-order valence-corrected chi connectivity index (χ2v) is 6.75. The molecular weight excluding hydrogens is 346 g/mol. The van der Waals surface area contributed by atoms with Crippen LogP contribution in [0, 0.1) is 0 Å². The number of unbranched alkanes of at least 4 members (excludes halogenated alkanes) is 1. The van der Waals surface area contributed by atoms with Crippen LogP contribution in [0.2, 0.25) is 0 Å². The minimum Gasteiger partial charge on any atom is -0.466 e. The standard InChI is InChI=1S/C25H26O2.H3N/c1-2-3-19-27-24(26)20-25(21-13-7-4-8-14-21,22-15-9-5-10-16-22)23-17-11-6-12-18-23;/h4-18H,2-3,19-20H2,1H3;1H3. The van der Waals surface area contributed by atoms with Crippen LogP contribution in [0.3, 0.4) is 0 Å². The van der Waals surface area contributed by atoms with E-state index in [1.165, 1.54) is 0 Å². The zero-order chi connectivity index (χ0) is 19.0. The lowest BCUT2D eigenvalue weighted by atomic mass is 9.67. The quantitative estimate of drug-likeness (QED) is 0.302. The predicted octanol–water partition coefficient (Wildman–Crippen LogP) is 5.92. The number of esters is 1. The summed E-state index contributed by atoms with van der Waals surface area (Å²) in [6.45, 7) is 2.57. The van der Waals surface area contributed by atoms with Crippen molar-refractivity contribution in [3.05, 3.63) is 108 Å². The fourth-order valence-corrected chi connectivity index (χ4v) is 3.57. The van der Waals surface area contributed by atoms with Crippen LogP contribution in [-0.2, 0) is 14.9 Å². The maximum absolute atomic E-state index is 12.8. The highest BCUT2D eigenvalue weighted by molar-refractivity contribution is 5.74. The van der Waals surface area contributed by atoms with Crippen LogP contribution in [0.25, 0.3) is 0 Å². The Bertz CT molecular complexity index is 736. The molecule has 28 heavy (non-hydrogen) atoms. The number of ether oxygens (including phenoxy) is 1. The summed E-state index contributed by atoms with van der Waals surface area (Å²) in [5.41, 5.74) is 2.70. The van der Waals surface area contributed by atoms with Gasteiger partial charge in [-0.05, 0) is 23.1 Å². The van der Waals surface area contributed by atoms with Crippen molar-refractivity contribution in [2.75, 3.05) is 6.61 Å². The molecule has 0 heterocycles. The molecule has 0 spiro atoms. The van der Waals surface area contributed by atoms with E-state index in [9.17, 15) is 4.79 Å². The van der Waals surface area contributed by atoms with E-state index in [2.05, 4.69) is 43.3 Å². The van der Waals surface area contributed by atoms with E-state index in [-0.39, 0.29) is 18.5 Å². The molecule has 0 radical (unpaired) electrons. The van der Waals surface area contributed by atoms with Crippen LogP contribution in [0.5, 0.6) is 0 Å². The molecule has 3 aromatic carbocycles. The molecule has 3 rings (SSSR count). The van der Waals surface area contributed by atoms with Gasteiger partial charge in [-0.2, -0.15) is 0 Å². The number of carbonyl (C=O) groups excluding carboxylic acids is 1. The summed E-state index contributed by atoms with van der Waals surface area (Å²) in [5.74, 6) is -0.167. The van der Waals surface area contributed by atoms with Gasteiger partial charge in [0.2, 0.25) is 0 Å². The second kappa shape index (κ2) is 10.4. The molecule has 3 N–H and O–H groups in total. The maximum Gasteiger partial charge on any atom is 0.307 e. The number of hydrogen-bond acceptors (Lipinski definition) is 3. The van der Waals surface area contributed by atoms with Crippen LogP contribution in [-0.4, -0.2) is 12.6 Å². The van der Waals surface area contributed by atoms with Gasteiger partial charge in [-0.3, -0.25) is 4.79 Å². The first-order valence-electron chi connectivity index (χ1n) is 9.59. The molecule has 0 aliphatic heterocycles. The van der Waals surface area contributed by atoms with Crippen LogP contribution in [0.1, 0.15) is 42.9 Å². The van der Waals surface area contributed by atoms with E-state index in [1.54, 1.807) is 0 Å². The Morgan fingerprint density at radius 1 is 0.750 bits per heavy atom. The van der Waals surface area contributed by atoms with Gasteiger partial charge in [-0.1, -0.05) is 104 Å². The van der Waals surface area contributed by atoms with E-state index in [0.29, 0.717) is 6.61 Å². The summed E-state index contributed by atoms with van der Waals surface area (Å²) in [4.78, 5) is 12.8. The van der Waals surface area contributed by atoms with Crippen molar-refractivity contribution in [3.8, 4) is 0 Å². The molecule has 0 unspecified atom stereocenters. The van der Waals surface area contributed by atoms with E-state index in [0.717, 1.165) is 29.5 Å². The zero-order valence-corrected chi connectivity index (χ0v) is 16.5. The maximum atomic E-state index is 12.8. The van der Waals surface area contributed by atoms with Crippen molar-refractivity contribution >= 4 is 5.97 Å². The molecule has 0 aliphatic carbocycles. The normalized spacial score (nSPS) is 10.8. The molecule has 0 aromatic heterocycles. The third-order valence-electron chi connectivity index (χ3n) is 4.97. The van der Waals surface area contributed by atoms with Crippen LogP contribution < -0.4 is 6.15 Å². The molecule has 0 aliphatic rings. The summed E-state index contributed by atoms with van der Waals surface area (Å²) >= 11 is 0. The van der Waals surface area contributed by atoms with Crippen LogP contribution >= 0.6 is 0 Å². The number of rotatable bonds is 8. The average Bonchev–Trinajstić information content (AvgIpc) is 2.74. The van der Waals surface area contributed by atoms with Gasteiger partial charge < -0.3 is 10.9 Å². The van der Waals surface area contributed by atoms with Gasteiger partial charge in [0.1, 0.15) is 0 Å². The SMILES string of the molecule is CCCCOC(=O)CC(c1ccccc1)(c1ccccc1)c1ccccc1.N. The smallest absolute Gasteiger partial charge is 0.307 e. The lowest BCUT2D eigenvalue weighted by Gasteiger charge is -2.35. The Morgan fingerprint density at radius 2 is 1.14 bits per heavy atom. The first kappa shape index (κ1) is 21.4. The Kier molecular flexibility index (Phi) is 7.97. The number of carbonyl (C=O) groups is 1. The summed E-state index contributed by atoms with van der Waals surface area (Å²) in [6.07, 6.45) is 2.17. The van der Waals surface area contributed by atoms with Gasteiger partial charge in [0.15, 0.2) is 0 Å². The molecule has 3 aromatic rings. The fraction of sp³-hybridized carbons (Fsp3) is 0.240.